The number of β-amino-alcohol motifs (C(OH)–C–C–N with tert-alkyl or cyclic N) is 1. The van der Waals surface area contributed by atoms with Crippen LogP contribution < -0.4 is 14.4 Å². The number of benzene rings is 1. The van der Waals surface area contributed by atoms with Gasteiger partial charge in [0.05, 0.1) is 38.2 Å². The van der Waals surface area contributed by atoms with E-state index in [9.17, 15) is 15.0 Å². The van der Waals surface area contributed by atoms with E-state index in [0.717, 1.165) is 6.42 Å². The number of aliphatic hydroxyl groups is 3. The zero-order valence-corrected chi connectivity index (χ0v) is 12.5. The molecule has 1 aromatic carbocycles. The van der Waals surface area contributed by atoms with Crippen molar-refractivity contribution in [1.29, 1.82) is 0 Å². The fraction of sp³-hybridized carbons (Fsp3) is 0.533. The van der Waals surface area contributed by atoms with Gasteiger partial charge in [-0.15, -0.1) is 0 Å². The van der Waals surface area contributed by atoms with Crippen molar-refractivity contribution in [3.05, 3.63) is 17.7 Å². The van der Waals surface area contributed by atoms with E-state index < -0.39 is 12.7 Å². The molecule has 7 heteroatoms. The molecular weight excluding hydrogens is 290 g/mol. The fourth-order valence-electron chi connectivity index (χ4n) is 2.21. The predicted octanol–water partition coefficient (Wildman–Crippen LogP) is 0.0463. The molecule has 2 rings (SSSR count). The van der Waals surface area contributed by atoms with Crippen molar-refractivity contribution >= 4 is 11.6 Å². The number of nitrogens with zero attached hydrogens (tertiary/aromatic N) is 1. The first-order valence-electron chi connectivity index (χ1n) is 7.23. The molecule has 1 unspecified atom stereocenters. The van der Waals surface area contributed by atoms with E-state index in [1.54, 1.807) is 12.1 Å². The fourth-order valence-corrected chi connectivity index (χ4v) is 2.21. The van der Waals surface area contributed by atoms with Crippen LogP contribution in [-0.2, 0) is 11.4 Å². The van der Waals surface area contributed by atoms with Gasteiger partial charge in [0.25, 0.3) is 5.91 Å². The number of carbonyl (C=O) groups excluding carboxylic acids is 1. The van der Waals surface area contributed by atoms with Crippen molar-refractivity contribution < 1.29 is 29.6 Å². The van der Waals surface area contributed by atoms with E-state index >= 15 is 0 Å². The van der Waals surface area contributed by atoms with Crippen LogP contribution in [0.4, 0.5) is 5.69 Å². The summed E-state index contributed by atoms with van der Waals surface area (Å²) >= 11 is 0. The number of aliphatic hydroxyl groups excluding tert-OH is 3. The standard InChI is InChI=1S/C15H21NO6/c1-2-3-21-13-5-10(7-17)4-12-15(13)22-9-14(20)16(12)6-11(19)8-18/h4-5,11,17-19H,2-3,6-9H2,1H3. The molecule has 7 nitrogen and oxygen atoms in total. The van der Waals surface area contributed by atoms with Crippen LogP contribution in [0.1, 0.15) is 18.9 Å². The predicted molar refractivity (Wildman–Crippen MR) is 79.1 cm³/mol. The molecule has 122 valence electrons. The Labute approximate surface area is 128 Å². The van der Waals surface area contributed by atoms with Crippen LogP contribution in [0.3, 0.4) is 0 Å². The van der Waals surface area contributed by atoms with Crippen molar-refractivity contribution in [3.63, 3.8) is 0 Å². The summed E-state index contributed by atoms with van der Waals surface area (Å²) in [5.41, 5.74) is 1.01. The summed E-state index contributed by atoms with van der Waals surface area (Å²) in [4.78, 5) is 13.4. The number of rotatable bonds is 7. The van der Waals surface area contributed by atoms with Gasteiger partial charge in [-0.2, -0.15) is 0 Å². The molecule has 0 aromatic heterocycles. The Morgan fingerprint density at radius 1 is 1.41 bits per heavy atom. The first-order chi connectivity index (χ1) is 10.6. The zero-order chi connectivity index (χ0) is 16.1. The van der Waals surface area contributed by atoms with E-state index in [0.29, 0.717) is 29.4 Å². The van der Waals surface area contributed by atoms with Gasteiger partial charge in [-0.25, -0.2) is 0 Å². The first kappa shape index (κ1) is 16.5. The largest absolute Gasteiger partial charge is 0.490 e. The number of ether oxygens (including phenoxy) is 2. The Balaban J connectivity index is 2.41. The van der Waals surface area contributed by atoms with Crippen molar-refractivity contribution in [2.45, 2.75) is 26.1 Å². The minimum absolute atomic E-state index is 0.0478. The van der Waals surface area contributed by atoms with E-state index in [4.69, 9.17) is 14.6 Å². The Kier molecular flexibility index (Phi) is 5.59. The van der Waals surface area contributed by atoms with Gasteiger partial charge in [-0.05, 0) is 24.1 Å². The average molecular weight is 311 g/mol. The molecule has 0 fully saturated rings. The highest BCUT2D eigenvalue weighted by atomic mass is 16.5. The highest BCUT2D eigenvalue weighted by Gasteiger charge is 2.30. The minimum Gasteiger partial charge on any atom is -0.490 e. The average Bonchev–Trinajstić information content (AvgIpc) is 2.54. The highest BCUT2D eigenvalue weighted by molar-refractivity contribution is 5.98. The summed E-state index contributed by atoms with van der Waals surface area (Å²) in [7, 11) is 0. The smallest absolute Gasteiger partial charge is 0.265 e. The molecule has 0 spiro atoms. The van der Waals surface area contributed by atoms with E-state index in [1.807, 2.05) is 6.92 Å². The van der Waals surface area contributed by atoms with Gasteiger partial charge < -0.3 is 29.7 Å². The molecule has 1 aliphatic heterocycles. The van der Waals surface area contributed by atoms with Crippen LogP contribution >= 0.6 is 0 Å². The number of hydrogen-bond donors (Lipinski definition) is 3. The van der Waals surface area contributed by atoms with Crippen LogP contribution in [0.15, 0.2) is 12.1 Å². The van der Waals surface area contributed by atoms with Gasteiger partial charge in [0, 0.05) is 0 Å². The lowest BCUT2D eigenvalue weighted by atomic mass is 10.1. The van der Waals surface area contributed by atoms with Crippen LogP contribution in [-0.4, -0.2) is 53.7 Å². The lowest BCUT2D eigenvalue weighted by Gasteiger charge is -2.32. The molecule has 1 aliphatic rings. The monoisotopic (exact) mass is 311 g/mol. The van der Waals surface area contributed by atoms with Crippen LogP contribution in [0.25, 0.3) is 0 Å². The van der Waals surface area contributed by atoms with Crippen LogP contribution in [0.2, 0.25) is 0 Å². The number of anilines is 1. The molecule has 3 N–H and O–H groups in total. The van der Waals surface area contributed by atoms with E-state index in [-0.39, 0.29) is 25.7 Å². The van der Waals surface area contributed by atoms with Gasteiger partial charge in [0.15, 0.2) is 18.1 Å². The van der Waals surface area contributed by atoms with Crippen LogP contribution in [0.5, 0.6) is 11.5 Å². The van der Waals surface area contributed by atoms with Gasteiger partial charge in [-0.3, -0.25) is 4.79 Å². The summed E-state index contributed by atoms with van der Waals surface area (Å²) in [6.07, 6.45) is -0.239. The molecule has 0 radical (unpaired) electrons. The third-order valence-electron chi connectivity index (χ3n) is 3.28. The Bertz CT molecular complexity index is 533. The molecule has 1 heterocycles. The summed E-state index contributed by atoms with van der Waals surface area (Å²) in [5.74, 6) is 0.548. The summed E-state index contributed by atoms with van der Waals surface area (Å²) in [5, 5.41) is 28.0. The molecule has 0 bridgehead atoms. The number of amides is 1. The highest BCUT2D eigenvalue weighted by Crippen LogP contribution is 2.41. The SMILES string of the molecule is CCCOc1cc(CO)cc2c1OCC(=O)N2CC(O)CO. The second kappa shape index (κ2) is 7.44. The minimum atomic E-state index is -1.05. The van der Waals surface area contributed by atoms with Gasteiger partial charge in [0.2, 0.25) is 0 Å². The second-order valence-electron chi connectivity index (χ2n) is 5.08. The van der Waals surface area contributed by atoms with Crippen molar-refractivity contribution in [2.75, 3.05) is 31.3 Å². The molecule has 1 atom stereocenters. The van der Waals surface area contributed by atoms with Crippen molar-refractivity contribution in [3.8, 4) is 11.5 Å². The number of fused-ring (bicyclic) bond motifs is 1. The third-order valence-corrected chi connectivity index (χ3v) is 3.28. The second-order valence-corrected chi connectivity index (χ2v) is 5.08. The van der Waals surface area contributed by atoms with Crippen molar-refractivity contribution in [1.82, 2.24) is 0 Å². The quantitative estimate of drug-likeness (QED) is 0.658. The van der Waals surface area contributed by atoms with Gasteiger partial charge >= 0.3 is 0 Å². The Morgan fingerprint density at radius 3 is 2.82 bits per heavy atom. The summed E-state index contributed by atoms with van der Waals surface area (Å²) in [6, 6.07) is 3.29. The maximum absolute atomic E-state index is 12.0. The maximum Gasteiger partial charge on any atom is 0.265 e. The number of hydrogen-bond acceptors (Lipinski definition) is 6. The Hall–Kier alpha value is -1.83. The molecule has 0 aliphatic carbocycles. The van der Waals surface area contributed by atoms with E-state index in [1.165, 1.54) is 4.90 Å². The van der Waals surface area contributed by atoms with Gasteiger partial charge in [-0.1, -0.05) is 6.92 Å². The summed E-state index contributed by atoms with van der Waals surface area (Å²) < 4.78 is 11.1. The maximum atomic E-state index is 12.0. The van der Waals surface area contributed by atoms with E-state index in [2.05, 4.69) is 0 Å². The lowest BCUT2D eigenvalue weighted by Crippen LogP contribution is -2.44. The van der Waals surface area contributed by atoms with Gasteiger partial charge in [0.1, 0.15) is 0 Å². The Morgan fingerprint density at radius 2 is 2.18 bits per heavy atom. The number of carbonyl (C=O) groups is 1. The topological polar surface area (TPSA) is 99.5 Å². The molecular formula is C15H21NO6. The van der Waals surface area contributed by atoms with Crippen LogP contribution in [0, 0.1) is 0 Å². The molecule has 22 heavy (non-hydrogen) atoms. The first-order valence-corrected chi connectivity index (χ1v) is 7.23. The molecule has 0 saturated heterocycles. The lowest BCUT2D eigenvalue weighted by molar-refractivity contribution is -0.121. The molecule has 1 amide bonds. The van der Waals surface area contributed by atoms with Crippen molar-refractivity contribution in [2.24, 2.45) is 0 Å². The normalized spacial score (nSPS) is 15.3. The third kappa shape index (κ3) is 3.49. The molecule has 0 saturated carbocycles. The zero-order valence-electron chi connectivity index (χ0n) is 12.5. The summed E-state index contributed by atoms with van der Waals surface area (Å²) in [6.45, 7) is 1.59. The molecule has 1 aromatic rings.